The largest absolute Gasteiger partial charge is 0.455 e. The van der Waals surface area contributed by atoms with E-state index in [-0.39, 0.29) is 17.7 Å². The molecule has 1 aromatic carbocycles. The molecule has 0 radical (unpaired) electrons. The fourth-order valence-corrected chi connectivity index (χ4v) is 2.68. The first-order valence-corrected chi connectivity index (χ1v) is 7.37. The molecule has 2 rings (SSSR count). The lowest BCUT2D eigenvalue weighted by Gasteiger charge is -2.12. The van der Waals surface area contributed by atoms with Crippen LogP contribution in [0.25, 0.3) is 0 Å². The molecule has 8 heteroatoms. The van der Waals surface area contributed by atoms with Crippen molar-refractivity contribution in [1.29, 1.82) is 5.26 Å². The van der Waals surface area contributed by atoms with Crippen molar-refractivity contribution in [2.24, 2.45) is 5.41 Å². The fraction of sp³-hybridized carbons (Fsp3) is 0.357. The average Bonchev–Trinajstić information content (AvgIpc) is 2.96. The van der Waals surface area contributed by atoms with Crippen LogP contribution in [-0.2, 0) is 14.3 Å². The number of hydrogen-bond donors (Lipinski definition) is 1. The molecular weight excluding hydrogens is 351 g/mol. The minimum atomic E-state index is -1.15. The van der Waals surface area contributed by atoms with Crippen LogP contribution in [0.5, 0.6) is 0 Å². The van der Waals surface area contributed by atoms with Gasteiger partial charge in [0, 0.05) is 11.4 Å². The van der Waals surface area contributed by atoms with Gasteiger partial charge in [0.2, 0.25) is 0 Å². The van der Waals surface area contributed by atoms with E-state index in [9.17, 15) is 9.59 Å². The molecule has 0 unspecified atom stereocenters. The number of anilines is 1. The van der Waals surface area contributed by atoms with Gasteiger partial charge >= 0.3 is 5.97 Å². The van der Waals surface area contributed by atoms with Crippen LogP contribution in [0.15, 0.2) is 18.2 Å². The lowest BCUT2D eigenvalue weighted by molar-refractivity contribution is -0.152. The van der Waals surface area contributed by atoms with Crippen LogP contribution in [0.4, 0.5) is 5.69 Å². The van der Waals surface area contributed by atoms with Gasteiger partial charge in [-0.15, -0.1) is 23.2 Å². The highest BCUT2D eigenvalue weighted by atomic mass is 35.5. The van der Waals surface area contributed by atoms with Crippen LogP contribution >= 0.6 is 34.8 Å². The number of esters is 1. The number of nitriles is 1. The Bertz CT molecular complexity index is 684. The molecule has 0 bridgehead atoms. The summed E-state index contributed by atoms with van der Waals surface area (Å²) in [6, 6.07) is 6.37. The van der Waals surface area contributed by atoms with Crippen molar-refractivity contribution in [2.75, 3.05) is 11.9 Å². The summed E-state index contributed by atoms with van der Waals surface area (Å²) in [6.45, 7) is 1.06. The number of carbonyl (C=O) groups is 2. The quantitative estimate of drug-likeness (QED) is 0.659. The van der Waals surface area contributed by atoms with E-state index in [4.69, 9.17) is 44.8 Å². The molecule has 1 N–H and O–H groups in total. The predicted octanol–water partition coefficient (Wildman–Crippen LogP) is 3.28. The van der Waals surface area contributed by atoms with Gasteiger partial charge in [-0.3, -0.25) is 9.59 Å². The Kier molecular flexibility index (Phi) is 4.57. The fourth-order valence-electron chi connectivity index (χ4n) is 1.82. The Labute approximate surface area is 142 Å². The molecule has 0 aliphatic heterocycles. The third kappa shape index (κ3) is 3.30. The normalized spacial score (nSPS) is 21.6. The minimum Gasteiger partial charge on any atom is -0.455 e. The van der Waals surface area contributed by atoms with E-state index >= 15 is 0 Å². The maximum absolute atomic E-state index is 11.8. The van der Waals surface area contributed by atoms with E-state index in [2.05, 4.69) is 5.32 Å². The number of carbonyl (C=O) groups excluding carboxylic acids is 2. The zero-order valence-electron chi connectivity index (χ0n) is 11.5. The van der Waals surface area contributed by atoms with Gasteiger partial charge in [0.15, 0.2) is 6.61 Å². The Morgan fingerprint density at radius 3 is 2.64 bits per heavy atom. The van der Waals surface area contributed by atoms with Gasteiger partial charge in [-0.2, -0.15) is 5.26 Å². The molecule has 0 heterocycles. The average molecular weight is 362 g/mol. The monoisotopic (exact) mass is 360 g/mol. The first-order valence-electron chi connectivity index (χ1n) is 6.24. The number of amides is 1. The molecule has 1 fully saturated rings. The zero-order chi connectivity index (χ0) is 16.5. The van der Waals surface area contributed by atoms with Crippen molar-refractivity contribution in [3.8, 4) is 6.07 Å². The summed E-state index contributed by atoms with van der Waals surface area (Å²) in [7, 11) is 0. The molecule has 0 aromatic heterocycles. The van der Waals surface area contributed by atoms with Crippen molar-refractivity contribution in [3.05, 3.63) is 28.8 Å². The summed E-state index contributed by atoms with van der Waals surface area (Å²) in [5.74, 6) is -1.23. The molecule has 1 atom stereocenters. The molecule has 1 amide bonds. The first kappa shape index (κ1) is 16.9. The highest BCUT2D eigenvalue weighted by Crippen LogP contribution is 2.64. The van der Waals surface area contributed by atoms with E-state index < -0.39 is 28.2 Å². The molecule has 0 saturated heterocycles. The van der Waals surface area contributed by atoms with Crippen LogP contribution in [-0.4, -0.2) is 22.8 Å². The number of rotatable bonds is 4. The maximum Gasteiger partial charge on any atom is 0.315 e. The van der Waals surface area contributed by atoms with Crippen LogP contribution < -0.4 is 5.32 Å². The van der Waals surface area contributed by atoms with Crippen molar-refractivity contribution in [1.82, 2.24) is 0 Å². The van der Waals surface area contributed by atoms with E-state index in [1.807, 2.05) is 6.07 Å². The number of nitrogens with zero attached hydrogens (tertiary/aromatic N) is 1. The smallest absolute Gasteiger partial charge is 0.315 e. The summed E-state index contributed by atoms with van der Waals surface area (Å²) in [4.78, 5) is 23.6. The summed E-state index contributed by atoms with van der Waals surface area (Å²) >= 11 is 17.5. The number of hydrogen-bond acceptors (Lipinski definition) is 4. The van der Waals surface area contributed by atoms with Gasteiger partial charge in [-0.25, -0.2) is 0 Å². The number of halogens is 3. The predicted molar refractivity (Wildman–Crippen MR) is 82.9 cm³/mol. The van der Waals surface area contributed by atoms with Gasteiger partial charge in [-0.05, 0) is 25.1 Å². The second-order valence-corrected chi connectivity index (χ2v) is 7.06. The molecule has 0 spiro atoms. The van der Waals surface area contributed by atoms with Crippen LogP contribution in [0, 0.1) is 16.7 Å². The van der Waals surface area contributed by atoms with Gasteiger partial charge < -0.3 is 10.1 Å². The third-order valence-corrected chi connectivity index (χ3v) is 4.76. The van der Waals surface area contributed by atoms with Crippen LogP contribution in [0.1, 0.15) is 18.9 Å². The summed E-state index contributed by atoms with van der Waals surface area (Å²) in [5.41, 5.74) is -0.499. The summed E-state index contributed by atoms with van der Waals surface area (Å²) in [6.07, 6.45) is 0.274. The Hall–Kier alpha value is -1.48. The number of alkyl halides is 2. The molecule has 1 saturated carbocycles. The Morgan fingerprint density at radius 2 is 2.09 bits per heavy atom. The summed E-state index contributed by atoms with van der Waals surface area (Å²) in [5, 5.41) is 11.8. The van der Waals surface area contributed by atoms with Crippen LogP contribution in [0.3, 0.4) is 0 Å². The molecule has 22 heavy (non-hydrogen) atoms. The Balaban J connectivity index is 1.94. The molecular formula is C14H11Cl3N2O3. The molecule has 1 aliphatic rings. The van der Waals surface area contributed by atoms with Gasteiger partial charge in [0.05, 0.1) is 11.3 Å². The van der Waals surface area contributed by atoms with E-state index in [1.54, 1.807) is 6.92 Å². The Morgan fingerprint density at radius 1 is 1.45 bits per heavy atom. The molecule has 116 valence electrons. The standard InChI is InChI=1S/C14H11Cl3N2O3/c1-13(7-14(13,16)17)12(21)22-6-11(20)19-10-4-9(15)3-2-8(10)5-18/h2-4H,6-7H2,1H3,(H,19,20)/t13-/m1/s1. The van der Waals surface area contributed by atoms with Gasteiger partial charge in [-0.1, -0.05) is 11.6 Å². The zero-order valence-corrected chi connectivity index (χ0v) is 13.7. The van der Waals surface area contributed by atoms with Crippen molar-refractivity contribution >= 4 is 52.4 Å². The highest BCUT2D eigenvalue weighted by molar-refractivity contribution is 6.53. The number of benzene rings is 1. The van der Waals surface area contributed by atoms with Gasteiger partial charge in [0.25, 0.3) is 5.91 Å². The van der Waals surface area contributed by atoms with Crippen LogP contribution in [0.2, 0.25) is 5.02 Å². The SMILES string of the molecule is C[C@]1(C(=O)OCC(=O)Nc2cc(Cl)ccc2C#N)CC1(Cl)Cl. The first-order chi connectivity index (χ1) is 10.2. The summed E-state index contributed by atoms with van der Waals surface area (Å²) < 4.78 is 3.76. The lowest BCUT2D eigenvalue weighted by atomic mass is 10.1. The topological polar surface area (TPSA) is 79.2 Å². The number of nitrogens with one attached hydrogen (secondary N) is 1. The third-order valence-electron chi connectivity index (χ3n) is 3.42. The van der Waals surface area contributed by atoms with Crippen molar-refractivity contribution in [2.45, 2.75) is 17.7 Å². The van der Waals surface area contributed by atoms with E-state index in [0.717, 1.165) is 0 Å². The van der Waals surface area contributed by atoms with E-state index in [1.165, 1.54) is 18.2 Å². The highest BCUT2D eigenvalue weighted by Gasteiger charge is 2.69. The number of ether oxygens (including phenoxy) is 1. The molecule has 5 nitrogen and oxygen atoms in total. The minimum absolute atomic E-state index is 0.248. The second-order valence-electron chi connectivity index (χ2n) is 5.14. The van der Waals surface area contributed by atoms with Gasteiger partial charge in [0.1, 0.15) is 15.8 Å². The molecule has 1 aliphatic carbocycles. The maximum atomic E-state index is 11.8. The van der Waals surface area contributed by atoms with Crippen molar-refractivity contribution < 1.29 is 14.3 Å². The second kappa shape index (κ2) is 5.96. The molecule has 1 aromatic rings. The van der Waals surface area contributed by atoms with E-state index in [0.29, 0.717) is 5.02 Å². The lowest BCUT2D eigenvalue weighted by Crippen LogP contribution is -2.27. The van der Waals surface area contributed by atoms with Crippen molar-refractivity contribution in [3.63, 3.8) is 0 Å².